The first-order valence-corrected chi connectivity index (χ1v) is 6.32. The van der Waals surface area contributed by atoms with Crippen molar-refractivity contribution in [2.45, 2.75) is 18.9 Å². The maximum absolute atomic E-state index is 13.8. The zero-order chi connectivity index (χ0) is 13.2. The van der Waals surface area contributed by atoms with Crippen molar-refractivity contribution in [1.29, 1.82) is 0 Å². The lowest BCUT2D eigenvalue weighted by Crippen LogP contribution is -2.33. The van der Waals surface area contributed by atoms with Crippen molar-refractivity contribution >= 4 is 0 Å². The van der Waals surface area contributed by atoms with Gasteiger partial charge in [0.05, 0.1) is 7.11 Å². The molecule has 100 valence electrons. The van der Waals surface area contributed by atoms with Gasteiger partial charge < -0.3 is 15.4 Å². The third-order valence-electron chi connectivity index (χ3n) is 3.83. The van der Waals surface area contributed by atoms with Crippen LogP contribution in [0.3, 0.4) is 0 Å². The van der Waals surface area contributed by atoms with Crippen molar-refractivity contribution in [3.05, 3.63) is 29.6 Å². The van der Waals surface area contributed by atoms with E-state index in [1.54, 1.807) is 12.1 Å². The van der Waals surface area contributed by atoms with Crippen LogP contribution >= 0.6 is 0 Å². The van der Waals surface area contributed by atoms with E-state index in [0.29, 0.717) is 5.75 Å². The third-order valence-corrected chi connectivity index (χ3v) is 3.83. The molecular formula is C14H21FN2O. The molecule has 0 aliphatic heterocycles. The highest BCUT2D eigenvalue weighted by Gasteiger charge is 2.48. The average Bonchev–Trinajstić information content (AvgIpc) is 3.11. The van der Waals surface area contributed by atoms with E-state index in [-0.39, 0.29) is 17.3 Å². The van der Waals surface area contributed by atoms with Crippen LogP contribution in [0.4, 0.5) is 4.39 Å². The highest BCUT2D eigenvalue weighted by Crippen LogP contribution is 2.54. The van der Waals surface area contributed by atoms with Crippen LogP contribution in [0.25, 0.3) is 0 Å². The molecule has 1 saturated carbocycles. The first-order valence-electron chi connectivity index (χ1n) is 6.32. The molecule has 0 saturated heterocycles. The van der Waals surface area contributed by atoms with Crippen LogP contribution in [0.5, 0.6) is 5.75 Å². The summed E-state index contributed by atoms with van der Waals surface area (Å²) >= 11 is 0. The summed E-state index contributed by atoms with van der Waals surface area (Å²) in [5.74, 6) is 0.00238. The number of methoxy groups -OCH3 is 1. The SMILES string of the molecule is CNCC1(C(NC)c2ccc(OC)c(F)c2)CC1. The molecule has 2 N–H and O–H groups in total. The molecule has 0 amide bonds. The Bertz CT molecular complexity index is 418. The minimum absolute atomic E-state index is 0.186. The Kier molecular flexibility index (Phi) is 3.88. The van der Waals surface area contributed by atoms with Crippen molar-refractivity contribution in [3.63, 3.8) is 0 Å². The molecule has 0 heterocycles. The summed E-state index contributed by atoms with van der Waals surface area (Å²) in [5.41, 5.74) is 1.22. The van der Waals surface area contributed by atoms with Crippen molar-refractivity contribution in [3.8, 4) is 5.75 Å². The van der Waals surface area contributed by atoms with Gasteiger partial charge in [0.25, 0.3) is 0 Å². The fraction of sp³-hybridized carbons (Fsp3) is 0.571. The highest BCUT2D eigenvalue weighted by atomic mass is 19.1. The van der Waals surface area contributed by atoms with Gasteiger partial charge in [-0.05, 0) is 44.6 Å². The Morgan fingerprint density at radius 3 is 2.56 bits per heavy atom. The quantitative estimate of drug-likeness (QED) is 0.813. The zero-order valence-electron chi connectivity index (χ0n) is 11.2. The number of nitrogens with one attached hydrogen (secondary N) is 2. The van der Waals surface area contributed by atoms with Crippen molar-refractivity contribution in [2.75, 3.05) is 27.7 Å². The van der Waals surface area contributed by atoms with Gasteiger partial charge in [0.2, 0.25) is 0 Å². The fourth-order valence-corrected chi connectivity index (χ4v) is 2.77. The summed E-state index contributed by atoms with van der Waals surface area (Å²) < 4.78 is 18.7. The summed E-state index contributed by atoms with van der Waals surface area (Å²) in [4.78, 5) is 0. The smallest absolute Gasteiger partial charge is 0.165 e. The van der Waals surface area contributed by atoms with E-state index in [1.807, 2.05) is 20.2 Å². The van der Waals surface area contributed by atoms with Gasteiger partial charge in [0.15, 0.2) is 11.6 Å². The van der Waals surface area contributed by atoms with E-state index >= 15 is 0 Å². The molecule has 1 aromatic rings. The monoisotopic (exact) mass is 252 g/mol. The number of benzene rings is 1. The summed E-state index contributed by atoms with van der Waals surface area (Å²) in [6, 6.07) is 5.41. The maximum atomic E-state index is 13.8. The standard InChI is InChI=1S/C14H21FN2O/c1-16-9-14(6-7-14)13(17-2)10-4-5-12(18-3)11(15)8-10/h4-5,8,13,16-17H,6-7,9H2,1-3H3. The van der Waals surface area contributed by atoms with Crippen LogP contribution in [0.15, 0.2) is 18.2 Å². The molecule has 0 aromatic heterocycles. The second-order valence-corrected chi connectivity index (χ2v) is 5.01. The third kappa shape index (κ3) is 2.35. The second kappa shape index (κ2) is 5.24. The Labute approximate surface area is 108 Å². The minimum Gasteiger partial charge on any atom is -0.494 e. The molecule has 1 atom stereocenters. The number of rotatable bonds is 6. The molecule has 3 nitrogen and oxygen atoms in total. The molecule has 1 aromatic carbocycles. The van der Waals surface area contributed by atoms with Gasteiger partial charge in [0, 0.05) is 18.0 Å². The van der Waals surface area contributed by atoms with Crippen LogP contribution in [0, 0.1) is 11.2 Å². The molecule has 4 heteroatoms. The van der Waals surface area contributed by atoms with E-state index in [4.69, 9.17) is 4.74 Å². The molecule has 1 fully saturated rings. The van der Waals surface area contributed by atoms with Gasteiger partial charge >= 0.3 is 0 Å². The number of hydrogen-bond donors (Lipinski definition) is 2. The summed E-state index contributed by atoms with van der Waals surface area (Å²) in [6.45, 7) is 0.951. The summed E-state index contributed by atoms with van der Waals surface area (Å²) in [7, 11) is 5.38. The number of halogens is 1. The van der Waals surface area contributed by atoms with E-state index in [0.717, 1.165) is 12.1 Å². The van der Waals surface area contributed by atoms with Crippen LogP contribution < -0.4 is 15.4 Å². The molecule has 1 aliphatic rings. The second-order valence-electron chi connectivity index (χ2n) is 5.01. The predicted octanol–water partition coefficient (Wildman–Crippen LogP) is 2.09. The van der Waals surface area contributed by atoms with Gasteiger partial charge in [-0.15, -0.1) is 0 Å². The van der Waals surface area contributed by atoms with Crippen LogP contribution in [0.2, 0.25) is 0 Å². The molecule has 0 spiro atoms. The normalized spacial score (nSPS) is 18.4. The molecule has 1 aliphatic carbocycles. The van der Waals surface area contributed by atoms with Gasteiger partial charge in [-0.25, -0.2) is 4.39 Å². The molecule has 0 radical (unpaired) electrons. The average molecular weight is 252 g/mol. The molecule has 2 rings (SSSR count). The van der Waals surface area contributed by atoms with Gasteiger partial charge in [0.1, 0.15) is 0 Å². The largest absolute Gasteiger partial charge is 0.494 e. The lowest BCUT2D eigenvalue weighted by Gasteiger charge is -2.27. The van der Waals surface area contributed by atoms with Gasteiger partial charge in [-0.3, -0.25) is 0 Å². The molecule has 0 bridgehead atoms. The zero-order valence-corrected chi connectivity index (χ0v) is 11.2. The lowest BCUT2D eigenvalue weighted by molar-refractivity contribution is 0.343. The molecular weight excluding hydrogens is 231 g/mol. The number of hydrogen-bond acceptors (Lipinski definition) is 3. The van der Waals surface area contributed by atoms with Crippen molar-refractivity contribution < 1.29 is 9.13 Å². The van der Waals surface area contributed by atoms with Gasteiger partial charge in [-0.2, -0.15) is 0 Å². The van der Waals surface area contributed by atoms with Crippen LogP contribution in [-0.2, 0) is 0 Å². The van der Waals surface area contributed by atoms with Gasteiger partial charge in [-0.1, -0.05) is 6.07 Å². The number of ether oxygens (including phenoxy) is 1. The Balaban J connectivity index is 2.25. The minimum atomic E-state index is -0.296. The summed E-state index contributed by atoms with van der Waals surface area (Å²) in [5, 5.41) is 6.56. The van der Waals surface area contributed by atoms with Crippen molar-refractivity contribution in [2.24, 2.45) is 5.41 Å². The van der Waals surface area contributed by atoms with E-state index in [1.165, 1.54) is 20.0 Å². The predicted molar refractivity (Wildman–Crippen MR) is 70.3 cm³/mol. The Hall–Kier alpha value is -1.13. The van der Waals surface area contributed by atoms with E-state index < -0.39 is 0 Å². The van der Waals surface area contributed by atoms with Crippen LogP contribution in [-0.4, -0.2) is 27.7 Å². The Morgan fingerprint density at radius 2 is 2.11 bits per heavy atom. The van der Waals surface area contributed by atoms with E-state index in [9.17, 15) is 4.39 Å². The fourth-order valence-electron chi connectivity index (χ4n) is 2.77. The van der Waals surface area contributed by atoms with Crippen LogP contribution in [0.1, 0.15) is 24.4 Å². The Morgan fingerprint density at radius 1 is 1.39 bits per heavy atom. The summed E-state index contributed by atoms with van der Waals surface area (Å²) in [6.07, 6.45) is 2.35. The first-order chi connectivity index (χ1) is 8.66. The molecule has 18 heavy (non-hydrogen) atoms. The van der Waals surface area contributed by atoms with E-state index in [2.05, 4.69) is 10.6 Å². The van der Waals surface area contributed by atoms with Crippen molar-refractivity contribution in [1.82, 2.24) is 10.6 Å². The first kappa shape index (κ1) is 13.3. The highest BCUT2D eigenvalue weighted by molar-refractivity contribution is 5.33. The molecule has 1 unspecified atom stereocenters. The topological polar surface area (TPSA) is 33.3 Å². The maximum Gasteiger partial charge on any atom is 0.165 e. The lowest BCUT2D eigenvalue weighted by atomic mass is 9.90.